The third-order valence-corrected chi connectivity index (χ3v) is 4.41. The first-order valence-corrected chi connectivity index (χ1v) is 7.05. The number of halogens is 1. The average Bonchev–Trinajstić information content (AvgIpc) is 2.29. The third-order valence-electron chi connectivity index (χ3n) is 4.17. The Kier molecular flexibility index (Phi) is 4.11. The standard InChI is InChI=1S/C15H22ClN/c1-2-13-7-3-4-9-15(13,17)11-12-6-5-8-14(16)10-12/h5-6,8,10,13H,2-4,7,9,11,17H2,1H3. The quantitative estimate of drug-likeness (QED) is 0.857. The lowest BCUT2D eigenvalue weighted by atomic mass is 9.69. The van der Waals surface area contributed by atoms with Crippen LogP contribution in [0.4, 0.5) is 0 Å². The van der Waals surface area contributed by atoms with Crippen molar-refractivity contribution in [2.24, 2.45) is 11.7 Å². The molecule has 2 atom stereocenters. The van der Waals surface area contributed by atoms with Crippen molar-refractivity contribution >= 4 is 11.6 Å². The van der Waals surface area contributed by atoms with E-state index in [9.17, 15) is 0 Å². The molecule has 94 valence electrons. The van der Waals surface area contributed by atoms with Crippen molar-refractivity contribution in [1.82, 2.24) is 0 Å². The van der Waals surface area contributed by atoms with Crippen molar-refractivity contribution in [3.63, 3.8) is 0 Å². The molecule has 0 radical (unpaired) electrons. The van der Waals surface area contributed by atoms with Gasteiger partial charge in [0.15, 0.2) is 0 Å². The van der Waals surface area contributed by atoms with Crippen LogP contribution in [0.2, 0.25) is 5.02 Å². The summed E-state index contributed by atoms with van der Waals surface area (Å²) in [5.41, 5.74) is 7.91. The molecule has 1 saturated carbocycles. The zero-order valence-corrected chi connectivity index (χ0v) is 11.3. The molecule has 0 aromatic heterocycles. The fourth-order valence-electron chi connectivity index (χ4n) is 3.21. The highest BCUT2D eigenvalue weighted by Crippen LogP contribution is 2.36. The first-order valence-electron chi connectivity index (χ1n) is 6.67. The molecule has 1 nitrogen and oxygen atoms in total. The van der Waals surface area contributed by atoms with Crippen molar-refractivity contribution < 1.29 is 0 Å². The van der Waals surface area contributed by atoms with Crippen molar-refractivity contribution in [2.75, 3.05) is 0 Å². The van der Waals surface area contributed by atoms with Crippen LogP contribution in [0.25, 0.3) is 0 Å². The summed E-state index contributed by atoms with van der Waals surface area (Å²) in [5, 5.41) is 0.815. The summed E-state index contributed by atoms with van der Waals surface area (Å²) >= 11 is 6.04. The number of benzene rings is 1. The summed E-state index contributed by atoms with van der Waals surface area (Å²) in [5.74, 6) is 0.662. The monoisotopic (exact) mass is 251 g/mol. The fourth-order valence-corrected chi connectivity index (χ4v) is 3.42. The first-order chi connectivity index (χ1) is 8.14. The van der Waals surface area contributed by atoms with Gasteiger partial charge in [-0.25, -0.2) is 0 Å². The van der Waals surface area contributed by atoms with Gasteiger partial charge in [0.05, 0.1) is 0 Å². The molecule has 0 aliphatic heterocycles. The molecule has 0 amide bonds. The normalized spacial score (nSPS) is 29.2. The summed E-state index contributed by atoms with van der Waals surface area (Å²) in [6.45, 7) is 2.26. The number of rotatable bonds is 3. The molecule has 17 heavy (non-hydrogen) atoms. The minimum absolute atomic E-state index is 0.0162. The van der Waals surface area contributed by atoms with Crippen LogP contribution in [0.1, 0.15) is 44.6 Å². The third kappa shape index (κ3) is 3.02. The second-order valence-corrected chi connectivity index (χ2v) is 5.83. The molecular formula is C15H22ClN. The van der Waals surface area contributed by atoms with E-state index in [0.717, 1.165) is 17.9 Å². The SMILES string of the molecule is CCC1CCCCC1(N)Cc1cccc(Cl)c1. The van der Waals surface area contributed by atoms with E-state index in [4.69, 9.17) is 17.3 Å². The minimum atomic E-state index is -0.0162. The van der Waals surface area contributed by atoms with Gasteiger partial charge in [0.2, 0.25) is 0 Å². The molecule has 0 spiro atoms. The topological polar surface area (TPSA) is 26.0 Å². The maximum absolute atomic E-state index is 6.65. The van der Waals surface area contributed by atoms with E-state index in [1.807, 2.05) is 12.1 Å². The number of hydrogen-bond donors (Lipinski definition) is 1. The summed E-state index contributed by atoms with van der Waals surface area (Å²) in [4.78, 5) is 0. The molecule has 2 unspecified atom stereocenters. The van der Waals surface area contributed by atoms with Gasteiger partial charge in [-0.3, -0.25) is 0 Å². The van der Waals surface area contributed by atoms with Gasteiger partial charge in [-0.2, -0.15) is 0 Å². The Balaban J connectivity index is 2.14. The Bertz CT molecular complexity index is 377. The Hall–Kier alpha value is -0.530. The largest absolute Gasteiger partial charge is 0.325 e. The highest BCUT2D eigenvalue weighted by molar-refractivity contribution is 6.30. The van der Waals surface area contributed by atoms with Gasteiger partial charge in [0, 0.05) is 10.6 Å². The molecule has 2 heteroatoms. The Morgan fingerprint density at radius 1 is 1.41 bits per heavy atom. The van der Waals surface area contributed by atoms with Crippen LogP contribution in [0.3, 0.4) is 0 Å². The summed E-state index contributed by atoms with van der Waals surface area (Å²) in [6.07, 6.45) is 7.20. The van der Waals surface area contributed by atoms with Crippen molar-refractivity contribution in [3.8, 4) is 0 Å². The molecule has 1 aromatic rings. The lowest BCUT2D eigenvalue weighted by molar-refractivity contribution is 0.182. The molecule has 0 heterocycles. The van der Waals surface area contributed by atoms with Crippen molar-refractivity contribution in [3.05, 3.63) is 34.9 Å². The second-order valence-electron chi connectivity index (χ2n) is 5.39. The lowest BCUT2D eigenvalue weighted by Gasteiger charge is -2.41. The zero-order chi connectivity index (χ0) is 12.3. The van der Waals surface area contributed by atoms with Gasteiger partial charge in [0.25, 0.3) is 0 Å². The van der Waals surface area contributed by atoms with Crippen LogP contribution in [-0.4, -0.2) is 5.54 Å². The molecular weight excluding hydrogens is 230 g/mol. The molecule has 1 fully saturated rings. The van der Waals surface area contributed by atoms with Crippen LogP contribution < -0.4 is 5.73 Å². The van der Waals surface area contributed by atoms with E-state index in [1.165, 1.54) is 31.2 Å². The van der Waals surface area contributed by atoms with Gasteiger partial charge >= 0.3 is 0 Å². The van der Waals surface area contributed by atoms with Gasteiger partial charge in [-0.05, 0) is 42.9 Å². The first kappa shape index (κ1) is 12.9. The predicted octanol–water partition coefficient (Wildman–Crippen LogP) is 4.18. The number of nitrogens with two attached hydrogens (primary N) is 1. The van der Waals surface area contributed by atoms with E-state index < -0.39 is 0 Å². The molecule has 2 N–H and O–H groups in total. The molecule has 1 aliphatic rings. The summed E-state index contributed by atoms with van der Waals surface area (Å²) in [6, 6.07) is 8.14. The van der Waals surface area contributed by atoms with Crippen molar-refractivity contribution in [2.45, 2.75) is 51.0 Å². The highest BCUT2D eigenvalue weighted by Gasteiger charge is 2.35. The van der Waals surface area contributed by atoms with E-state index in [2.05, 4.69) is 19.1 Å². The van der Waals surface area contributed by atoms with Crippen LogP contribution in [0, 0.1) is 5.92 Å². The Morgan fingerprint density at radius 2 is 2.24 bits per heavy atom. The summed E-state index contributed by atoms with van der Waals surface area (Å²) < 4.78 is 0. The van der Waals surface area contributed by atoms with Gasteiger partial charge < -0.3 is 5.73 Å². The summed E-state index contributed by atoms with van der Waals surface area (Å²) in [7, 11) is 0. The number of hydrogen-bond acceptors (Lipinski definition) is 1. The van der Waals surface area contributed by atoms with Gasteiger partial charge in [0.1, 0.15) is 0 Å². The molecule has 1 aromatic carbocycles. The average molecular weight is 252 g/mol. The van der Waals surface area contributed by atoms with Gasteiger partial charge in [-0.15, -0.1) is 0 Å². The van der Waals surface area contributed by atoms with Crippen LogP contribution in [0.15, 0.2) is 24.3 Å². The highest BCUT2D eigenvalue weighted by atomic mass is 35.5. The molecule has 0 bridgehead atoms. The minimum Gasteiger partial charge on any atom is -0.325 e. The molecule has 0 saturated heterocycles. The fraction of sp³-hybridized carbons (Fsp3) is 0.600. The molecule has 2 rings (SSSR count). The predicted molar refractivity (Wildman–Crippen MR) is 74.3 cm³/mol. The van der Waals surface area contributed by atoms with Crippen LogP contribution >= 0.6 is 11.6 Å². The second kappa shape index (κ2) is 5.41. The van der Waals surface area contributed by atoms with Crippen molar-refractivity contribution in [1.29, 1.82) is 0 Å². The maximum Gasteiger partial charge on any atom is 0.0408 e. The van der Waals surface area contributed by atoms with Crippen LogP contribution in [0.5, 0.6) is 0 Å². The van der Waals surface area contributed by atoms with Gasteiger partial charge in [-0.1, -0.05) is 49.9 Å². The zero-order valence-electron chi connectivity index (χ0n) is 10.6. The Labute approximate surface area is 109 Å². The lowest BCUT2D eigenvalue weighted by Crippen LogP contribution is -2.50. The Morgan fingerprint density at radius 3 is 2.94 bits per heavy atom. The van der Waals surface area contributed by atoms with E-state index >= 15 is 0 Å². The molecule has 1 aliphatic carbocycles. The smallest absolute Gasteiger partial charge is 0.0408 e. The van der Waals surface area contributed by atoms with E-state index in [1.54, 1.807) is 0 Å². The maximum atomic E-state index is 6.65. The van der Waals surface area contributed by atoms with E-state index in [0.29, 0.717) is 5.92 Å². The van der Waals surface area contributed by atoms with Crippen LogP contribution in [-0.2, 0) is 6.42 Å². The van der Waals surface area contributed by atoms with E-state index in [-0.39, 0.29) is 5.54 Å².